The third-order valence-corrected chi connectivity index (χ3v) is 1.77. The Morgan fingerprint density at radius 3 is 2.78 bits per heavy atom. The molecule has 0 saturated carbocycles. The minimum absolute atomic E-state index is 0.184. The van der Waals surface area contributed by atoms with Crippen LogP contribution in [-0.4, -0.2) is 16.7 Å². The predicted octanol–water partition coefficient (Wildman–Crippen LogP) is 3.24. The fourth-order valence-electron chi connectivity index (χ4n) is 1.12. The number of carbonyl (C=O) groups is 1. The highest BCUT2D eigenvalue weighted by Gasteiger charge is 2.16. The predicted molar refractivity (Wildman–Crippen MR) is 66.9 cm³/mol. The molecule has 0 aliphatic carbocycles. The summed E-state index contributed by atoms with van der Waals surface area (Å²) in [6, 6.07) is 3.33. The van der Waals surface area contributed by atoms with Gasteiger partial charge in [-0.15, -0.1) is 0 Å². The van der Waals surface area contributed by atoms with Gasteiger partial charge in [-0.05, 0) is 38.4 Å². The van der Waals surface area contributed by atoms with E-state index in [1.807, 2.05) is 0 Å². The molecule has 7 nitrogen and oxygen atoms in total. The van der Waals surface area contributed by atoms with Crippen LogP contribution in [-0.2, 0) is 11.3 Å². The average Bonchev–Trinajstić information content (AvgIpc) is 2.25. The summed E-state index contributed by atoms with van der Waals surface area (Å²) >= 11 is 0. The largest absolute Gasteiger partial charge is 0.444 e. The van der Waals surface area contributed by atoms with Crippen molar-refractivity contribution < 1.29 is 9.53 Å². The van der Waals surface area contributed by atoms with Crippen LogP contribution < -0.4 is 5.32 Å². The number of azide groups is 1. The van der Waals surface area contributed by atoms with Crippen LogP contribution in [0, 0.1) is 0 Å². The van der Waals surface area contributed by atoms with Gasteiger partial charge >= 0.3 is 6.09 Å². The van der Waals surface area contributed by atoms with Gasteiger partial charge in [-0.1, -0.05) is 5.11 Å². The average molecular weight is 249 g/mol. The molecule has 0 aliphatic rings. The number of hydrogen-bond acceptors (Lipinski definition) is 4. The van der Waals surface area contributed by atoms with Crippen LogP contribution in [0.3, 0.4) is 0 Å². The molecule has 96 valence electrons. The molecular formula is C11H15N5O2. The first-order valence-corrected chi connectivity index (χ1v) is 5.36. The van der Waals surface area contributed by atoms with Crippen molar-refractivity contribution in [3.8, 4) is 0 Å². The van der Waals surface area contributed by atoms with E-state index in [1.165, 1.54) is 6.20 Å². The molecule has 0 unspecified atom stereocenters. The van der Waals surface area contributed by atoms with E-state index < -0.39 is 11.7 Å². The van der Waals surface area contributed by atoms with Crippen LogP contribution in [0.4, 0.5) is 10.5 Å². The molecule has 18 heavy (non-hydrogen) atoms. The standard InChI is InChI=1S/C11H15N5O2/c1-11(2,3)18-10(17)15-9-5-4-8(13-6-9)7-14-16-12/h4-6H,7H2,1-3H3,(H,15,17). The Hall–Kier alpha value is -2.27. The summed E-state index contributed by atoms with van der Waals surface area (Å²) in [6.45, 7) is 5.54. The number of pyridine rings is 1. The SMILES string of the molecule is CC(C)(C)OC(=O)Nc1ccc(CN=[N+]=[N-])nc1. The van der Waals surface area contributed by atoms with E-state index >= 15 is 0 Å². The number of aromatic nitrogens is 1. The van der Waals surface area contributed by atoms with Gasteiger partial charge in [-0.3, -0.25) is 10.3 Å². The molecule has 1 amide bonds. The summed E-state index contributed by atoms with van der Waals surface area (Å²) in [5.41, 5.74) is 8.77. The summed E-state index contributed by atoms with van der Waals surface area (Å²) in [6.07, 6.45) is 0.943. The minimum atomic E-state index is -0.543. The number of anilines is 1. The van der Waals surface area contributed by atoms with Crippen LogP contribution in [0.15, 0.2) is 23.4 Å². The molecule has 0 bridgehead atoms. The number of ether oxygens (including phenoxy) is 1. The Balaban J connectivity index is 2.58. The third-order valence-electron chi connectivity index (χ3n) is 1.77. The first-order valence-electron chi connectivity index (χ1n) is 5.36. The molecule has 1 aromatic rings. The van der Waals surface area contributed by atoms with E-state index in [2.05, 4.69) is 20.3 Å². The zero-order valence-corrected chi connectivity index (χ0v) is 10.5. The number of rotatable bonds is 3. The van der Waals surface area contributed by atoms with Crippen LogP contribution in [0.25, 0.3) is 10.4 Å². The van der Waals surface area contributed by atoms with Crippen molar-refractivity contribution in [3.63, 3.8) is 0 Å². The van der Waals surface area contributed by atoms with Crippen molar-refractivity contribution in [1.29, 1.82) is 0 Å². The zero-order chi connectivity index (χ0) is 13.6. The molecule has 1 heterocycles. The summed E-state index contributed by atoms with van der Waals surface area (Å²) < 4.78 is 5.09. The van der Waals surface area contributed by atoms with Gasteiger partial charge in [0.2, 0.25) is 0 Å². The third kappa shape index (κ3) is 5.18. The number of hydrogen-bond donors (Lipinski definition) is 1. The fraction of sp³-hybridized carbons (Fsp3) is 0.455. The summed E-state index contributed by atoms with van der Waals surface area (Å²) in [7, 11) is 0. The maximum atomic E-state index is 11.5. The van der Waals surface area contributed by atoms with Gasteiger partial charge in [0.1, 0.15) is 5.60 Å². The molecule has 0 saturated heterocycles. The molecule has 0 spiro atoms. The lowest BCUT2D eigenvalue weighted by atomic mass is 10.2. The first kappa shape index (κ1) is 13.8. The molecule has 1 N–H and O–H groups in total. The van der Waals surface area contributed by atoms with Crippen LogP contribution in [0.1, 0.15) is 26.5 Å². The van der Waals surface area contributed by atoms with Crippen molar-refractivity contribution in [2.24, 2.45) is 5.11 Å². The quantitative estimate of drug-likeness (QED) is 0.505. The molecule has 1 rings (SSSR count). The smallest absolute Gasteiger partial charge is 0.412 e. The number of amides is 1. The molecule has 7 heteroatoms. The van der Waals surface area contributed by atoms with Crippen molar-refractivity contribution in [2.75, 3.05) is 5.32 Å². The second-order valence-corrected chi connectivity index (χ2v) is 4.55. The van der Waals surface area contributed by atoms with Crippen LogP contribution in [0.5, 0.6) is 0 Å². The summed E-state index contributed by atoms with van der Waals surface area (Å²) in [5.74, 6) is 0. The highest BCUT2D eigenvalue weighted by molar-refractivity contribution is 5.84. The Kier molecular flexibility index (Phi) is 4.51. The van der Waals surface area contributed by atoms with E-state index in [0.717, 1.165) is 0 Å². The molecule has 0 radical (unpaired) electrons. The Morgan fingerprint density at radius 1 is 1.56 bits per heavy atom. The zero-order valence-electron chi connectivity index (χ0n) is 10.5. The molecule has 1 aromatic heterocycles. The van der Waals surface area contributed by atoms with E-state index in [4.69, 9.17) is 10.3 Å². The Bertz CT molecular complexity index is 457. The van der Waals surface area contributed by atoms with Crippen LogP contribution in [0.2, 0.25) is 0 Å². The Labute approximate surface area is 105 Å². The van der Waals surface area contributed by atoms with Gasteiger partial charge in [-0.2, -0.15) is 0 Å². The van der Waals surface area contributed by atoms with Crippen molar-refractivity contribution >= 4 is 11.8 Å². The Morgan fingerprint density at radius 2 is 2.28 bits per heavy atom. The number of nitrogens with zero attached hydrogens (tertiary/aromatic N) is 4. The second kappa shape index (κ2) is 5.88. The normalized spacial score (nSPS) is 10.4. The highest BCUT2D eigenvalue weighted by atomic mass is 16.6. The van der Waals surface area contributed by atoms with E-state index in [1.54, 1.807) is 32.9 Å². The lowest BCUT2D eigenvalue weighted by Crippen LogP contribution is -2.27. The van der Waals surface area contributed by atoms with Crippen molar-refractivity contribution in [3.05, 3.63) is 34.5 Å². The van der Waals surface area contributed by atoms with E-state index in [0.29, 0.717) is 11.4 Å². The van der Waals surface area contributed by atoms with Gasteiger partial charge in [0.25, 0.3) is 0 Å². The lowest BCUT2D eigenvalue weighted by molar-refractivity contribution is 0.0636. The van der Waals surface area contributed by atoms with Gasteiger partial charge in [0.15, 0.2) is 0 Å². The topological polar surface area (TPSA) is 100.0 Å². The molecule has 0 fully saturated rings. The molecule has 0 aromatic carbocycles. The van der Waals surface area contributed by atoms with Crippen molar-refractivity contribution in [2.45, 2.75) is 32.9 Å². The monoisotopic (exact) mass is 249 g/mol. The highest BCUT2D eigenvalue weighted by Crippen LogP contribution is 2.11. The van der Waals surface area contributed by atoms with Gasteiger partial charge in [0.05, 0.1) is 18.4 Å². The maximum absolute atomic E-state index is 11.5. The van der Waals surface area contributed by atoms with Gasteiger partial charge < -0.3 is 4.74 Å². The lowest BCUT2D eigenvalue weighted by Gasteiger charge is -2.19. The second-order valence-electron chi connectivity index (χ2n) is 4.55. The number of carbonyl (C=O) groups excluding carboxylic acids is 1. The fourth-order valence-corrected chi connectivity index (χ4v) is 1.12. The maximum Gasteiger partial charge on any atom is 0.412 e. The van der Waals surface area contributed by atoms with Crippen LogP contribution >= 0.6 is 0 Å². The first-order chi connectivity index (χ1) is 8.40. The van der Waals surface area contributed by atoms with E-state index in [-0.39, 0.29) is 6.54 Å². The van der Waals surface area contributed by atoms with Gasteiger partial charge in [0, 0.05) is 10.6 Å². The molecule has 0 aliphatic heterocycles. The van der Waals surface area contributed by atoms with Gasteiger partial charge in [-0.25, -0.2) is 4.79 Å². The molecule has 0 atom stereocenters. The summed E-state index contributed by atoms with van der Waals surface area (Å²) in [4.78, 5) is 18.1. The molecular weight excluding hydrogens is 234 g/mol. The number of nitrogens with one attached hydrogen (secondary N) is 1. The van der Waals surface area contributed by atoms with Crippen molar-refractivity contribution in [1.82, 2.24) is 4.98 Å². The van der Waals surface area contributed by atoms with E-state index in [9.17, 15) is 4.79 Å². The minimum Gasteiger partial charge on any atom is -0.444 e. The summed E-state index contributed by atoms with van der Waals surface area (Å²) in [5, 5.41) is 5.94.